The van der Waals surface area contributed by atoms with E-state index in [9.17, 15) is 9.59 Å². The van der Waals surface area contributed by atoms with Crippen molar-refractivity contribution in [3.8, 4) is 5.75 Å². The molecule has 2 N–H and O–H groups in total. The van der Waals surface area contributed by atoms with Gasteiger partial charge in [-0.3, -0.25) is 9.59 Å². The Bertz CT molecular complexity index is 964. The minimum Gasteiger partial charge on any atom is -0.484 e. The molecule has 0 fully saturated rings. The number of anilines is 1. The molecule has 6 heteroatoms. The highest BCUT2D eigenvalue weighted by atomic mass is 16.5. The maximum Gasteiger partial charge on any atom is 0.262 e. The molecule has 6 nitrogen and oxygen atoms in total. The number of rotatable bonds is 7. The summed E-state index contributed by atoms with van der Waals surface area (Å²) in [7, 11) is 0. The number of ether oxygens (including phenoxy) is 1. The van der Waals surface area contributed by atoms with Crippen molar-refractivity contribution >= 4 is 17.5 Å². The van der Waals surface area contributed by atoms with Crippen molar-refractivity contribution in [2.45, 2.75) is 20.4 Å². The summed E-state index contributed by atoms with van der Waals surface area (Å²) in [6, 6.07) is 16.0. The summed E-state index contributed by atoms with van der Waals surface area (Å²) >= 11 is 0. The van der Waals surface area contributed by atoms with Gasteiger partial charge in [0.15, 0.2) is 6.61 Å². The van der Waals surface area contributed by atoms with Crippen LogP contribution in [0.1, 0.15) is 27.2 Å². The van der Waals surface area contributed by atoms with E-state index in [0.717, 1.165) is 5.56 Å². The molecule has 0 atom stereocenters. The second kappa shape index (κ2) is 8.90. The highest BCUT2D eigenvalue weighted by molar-refractivity contribution is 5.97. The average Bonchev–Trinajstić information content (AvgIpc) is 3.21. The maximum atomic E-state index is 12.3. The lowest BCUT2D eigenvalue weighted by molar-refractivity contribution is -0.118. The van der Waals surface area contributed by atoms with Crippen LogP contribution in [0.4, 0.5) is 5.69 Å². The monoisotopic (exact) mass is 378 g/mol. The van der Waals surface area contributed by atoms with Crippen molar-refractivity contribution in [1.82, 2.24) is 5.32 Å². The molecular formula is C22H22N2O4. The first-order valence-electron chi connectivity index (χ1n) is 8.92. The number of aryl methyl sites for hydroxylation is 2. The fourth-order valence-electron chi connectivity index (χ4n) is 2.57. The summed E-state index contributed by atoms with van der Waals surface area (Å²) in [4.78, 5) is 24.4. The van der Waals surface area contributed by atoms with Gasteiger partial charge in [0.1, 0.15) is 11.5 Å². The lowest BCUT2D eigenvalue weighted by Crippen LogP contribution is -2.23. The Morgan fingerprint density at radius 3 is 2.61 bits per heavy atom. The standard InChI is InChI=1S/C22H22N2O4/c1-15-8-9-19(11-16(15)2)28-14-21(25)24-18-6-3-5-17(12-18)22(26)23-13-20-7-4-10-27-20/h3-12H,13-14H2,1-2H3,(H,23,26)(H,24,25). The van der Waals surface area contributed by atoms with Crippen LogP contribution in [-0.4, -0.2) is 18.4 Å². The average molecular weight is 378 g/mol. The molecule has 0 radical (unpaired) electrons. The van der Waals surface area contributed by atoms with Crippen LogP contribution in [0, 0.1) is 13.8 Å². The van der Waals surface area contributed by atoms with E-state index in [1.807, 2.05) is 32.0 Å². The summed E-state index contributed by atoms with van der Waals surface area (Å²) in [5.74, 6) is 0.760. The third kappa shape index (κ3) is 5.23. The third-order valence-corrected chi connectivity index (χ3v) is 4.26. The number of carbonyl (C=O) groups excluding carboxylic acids is 2. The number of hydrogen-bond donors (Lipinski definition) is 2. The van der Waals surface area contributed by atoms with Crippen LogP contribution in [0.15, 0.2) is 65.3 Å². The van der Waals surface area contributed by atoms with Crippen molar-refractivity contribution in [3.05, 3.63) is 83.3 Å². The molecule has 0 bridgehead atoms. The summed E-state index contributed by atoms with van der Waals surface area (Å²) in [6.07, 6.45) is 1.55. The summed E-state index contributed by atoms with van der Waals surface area (Å²) in [5, 5.41) is 5.51. The second-order valence-electron chi connectivity index (χ2n) is 6.43. The van der Waals surface area contributed by atoms with E-state index in [1.54, 1.807) is 42.7 Å². The smallest absolute Gasteiger partial charge is 0.262 e. The lowest BCUT2D eigenvalue weighted by atomic mass is 10.1. The van der Waals surface area contributed by atoms with Gasteiger partial charge >= 0.3 is 0 Å². The fourth-order valence-corrected chi connectivity index (χ4v) is 2.57. The van der Waals surface area contributed by atoms with E-state index in [4.69, 9.17) is 9.15 Å². The molecule has 0 unspecified atom stereocenters. The maximum absolute atomic E-state index is 12.3. The zero-order valence-corrected chi connectivity index (χ0v) is 15.8. The first-order chi connectivity index (χ1) is 13.5. The van der Waals surface area contributed by atoms with E-state index in [0.29, 0.717) is 29.3 Å². The van der Waals surface area contributed by atoms with Crippen molar-refractivity contribution in [3.63, 3.8) is 0 Å². The quantitative estimate of drug-likeness (QED) is 0.654. The van der Waals surface area contributed by atoms with Gasteiger partial charge in [-0.05, 0) is 67.4 Å². The molecule has 0 saturated carbocycles. The zero-order valence-electron chi connectivity index (χ0n) is 15.8. The van der Waals surface area contributed by atoms with Crippen LogP contribution < -0.4 is 15.4 Å². The molecule has 3 aromatic rings. The van der Waals surface area contributed by atoms with Crippen molar-refractivity contribution in [1.29, 1.82) is 0 Å². The Labute approximate surface area is 163 Å². The molecule has 144 valence electrons. The Morgan fingerprint density at radius 1 is 1.00 bits per heavy atom. The topological polar surface area (TPSA) is 80.6 Å². The molecule has 1 heterocycles. The van der Waals surface area contributed by atoms with Crippen molar-refractivity contribution in [2.24, 2.45) is 0 Å². The van der Waals surface area contributed by atoms with Gasteiger partial charge in [0.2, 0.25) is 0 Å². The first kappa shape index (κ1) is 19.2. The Hall–Kier alpha value is -3.54. The van der Waals surface area contributed by atoms with Gasteiger partial charge in [0, 0.05) is 11.3 Å². The van der Waals surface area contributed by atoms with Gasteiger partial charge in [0.25, 0.3) is 11.8 Å². The molecule has 0 spiro atoms. The van der Waals surface area contributed by atoms with E-state index in [2.05, 4.69) is 10.6 Å². The van der Waals surface area contributed by atoms with Gasteiger partial charge in [-0.25, -0.2) is 0 Å². The van der Waals surface area contributed by atoms with E-state index in [-0.39, 0.29) is 18.4 Å². The normalized spacial score (nSPS) is 10.4. The third-order valence-electron chi connectivity index (χ3n) is 4.26. The summed E-state index contributed by atoms with van der Waals surface area (Å²) in [6.45, 7) is 4.19. The van der Waals surface area contributed by atoms with Crippen molar-refractivity contribution in [2.75, 3.05) is 11.9 Å². The largest absolute Gasteiger partial charge is 0.484 e. The van der Waals surface area contributed by atoms with Crippen LogP contribution in [0.3, 0.4) is 0 Å². The van der Waals surface area contributed by atoms with E-state index < -0.39 is 0 Å². The van der Waals surface area contributed by atoms with Gasteiger partial charge in [-0.2, -0.15) is 0 Å². The summed E-state index contributed by atoms with van der Waals surface area (Å²) < 4.78 is 10.7. The van der Waals surface area contributed by atoms with Gasteiger partial charge in [-0.15, -0.1) is 0 Å². The van der Waals surface area contributed by atoms with Crippen LogP contribution in [-0.2, 0) is 11.3 Å². The summed E-state index contributed by atoms with van der Waals surface area (Å²) in [5.41, 5.74) is 3.24. The molecule has 28 heavy (non-hydrogen) atoms. The SMILES string of the molecule is Cc1ccc(OCC(=O)Nc2cccc(C(=O)NCc3ccco3)c2)cc1C. The highest BCUT2D eigenvalue weighted by Crippen LogP contribution is 2.16. The molecule has 3 rings (SSSR count). The van der Waals surface area contributed by atoms with Crippen LogP contribution >= 0.6 is 0 Å². The second-order valence-corrected chi connectivity index (χ2v) is 6.43. The van der Waals surface area contributed by atoms with Crippen LogP contribution in [0.2, 0.25) is 0 Å². The van der Waals surface area contributed by atoms with Crippen LogP contribution in [0.25, 0.3) is 0 Å². The Balaban J connectivity index is 1.53. The highest BCUT2D eigenvalue weighted by Gasteiger charge is 2.09. The molecule has 2 amide bonds. The van der Waals surface area contributed by atoms with E-state index in [1.165, 1.54) is 5.56 Å². The molecule has 2 aromatic carbocycles. The predicted molar refractivity (Wildman–Crippen MR) is 106 cm³/mol. The molecule has 1 aromatic heterocycles. The molecular weight excluding hydrogens is 356 g/mol. The van der Waals surface area contributed by atoms with Gasteiger partial charge < -0.3 is 19.8 Å². The molecule has 0 aliphatic rings. The van der Waals surface area contributed by atoms with Gasteiger partial charge in [-0.1, -0.05) is 12.1 Å². The first-order valence-corrected chi connectivity index (χ1v) is 8.92. The zero-order chi connectivity index (χ0) is 19.9. The van der Waals surface area contributed by atoms with E-state index >= 15 is 0 Å². The predicted octanol–water partition coefficient (Wildman–Crippen LogP) is 3.84. The number of benzene rings is 2. The fraction of sp³-hybridized carbons (Fsp3) is 0.182. The minimum absolute atomic E-state index is 0.114. The number of hydrogen-bond acceptors (Lipinski definition) is 4. The number of carbonyl (C=O) groups is 2. The lowest BCUT2D eigenvalue weighted by Gasteiger charge is -2.10. The molecule has 0 saturated heterocycles. The Kier molecular flexibility index (Phi) is 6.11. The molecule has 0 aliphatic carbocycles. The van der Waals surface area contributed by atoms with Crippen LogP contribution in [0.5, 0.6) is 5.75 Å². The van der Waals surface area contributed by atoms with Crippen molar-refractivity contribution < 1.29 is 18.7 Å². The number of amides is 2. The minimum atomic E-state index is -0.300. The Morgan fingerprint density at radius 2 is 1.86 bits per heavy atom. The number of furan rings is 1. The molecule has 0 aliphatic heterocycles. The number of nitrogens with one attached hydrogen (secondary N) is 2. The van der Waals surface area contributed by atoms with Gasteiger partial charge in [0.05, 0.1) is 12.8 Å².